The van der Waals surface area contributed by atoms with Crippen molar-refractivity contribution >= 4 is 21.9 Å². The maximum Gasteiger partial charge on any atom is 0.264 e. The van der Waals surface area contributed by atoms with Gasteiger partial charge in [-0.25, -0.2) is 23.1 Å². The molecule has 0 unspecified atom stereocenters. The van der Waals surface area contributed by atoms with Gasteiger partial charge in [-0.2, -0.15) is 0 Å². The first-order chi connectivity index (χ1) is 11.6. The molecule has 24 heavy (non-hydrogen) atoms. The minimum atomic E-state index is -3.84. The van der Waals surface area contributed by atoms with Crippen molar-refractivity contribution in [3.63, 3.8) is 0 Å². The van der Waals surface area contributed by atoms with E-state index in [-0.39, 0.29) is 4.90 Å². The van der Waals surface area contributed by atoms with Gasteiger partial charge in [0, 0.05) is 25.5 Å². The van der Waals surface area contributed by atoms with E-state index in [1.165, 1.54) is 12.1 Å². The fourth-order valence-electron chi connectivity index (χ4n) is 2.70. The van der Waals surface area contributed by atoms with Gasteiger partial charge in [0.25, 0.3) is 10.0 Å². The summed E-state index contributed by atoms with van der Waals surface area (Å²) in [4.78, 5) is 22.8. The van der Waals surface area contributed by atoms with Crippen molar-refractivity contribution < 1.29 is 13.2 Å². The second-order valence-corrected chi connectivity index (χ2v) is 7.30. The van der Waals surface area contributed by atoms with E-state index in [0.717, 1.165) is 13.0 Å². The Morgan fingerprint density at radius 1 is 1.12 bits per heavy atom. The zero-order valence-corrected chi connectivity index (χ0v) is 13.8. The van der Waals surface area contributed by atoms with Crippen molar-refractivity contribution in [2.75, 3.05) is 18.0 Å². The molecular formula is C16H18N4O3S. The Balaban J connectivity index is 1.69. The first kappa shape index (κ1) is 16.4. The molecular weight excluding hydrogens is 328 g/mol. The molecule has 0 saturated carbocycles. The van der Waals surface area contributed by atoms with E-state index >= 15 is 0 Å². The van der Waals surface area contributed by atoms with Gasteiger partial charge < -0.3 is 4.90 Å². The molecule has 1 aliphatic heterocycles. The topological polar surface area (TPSA) is 92.3 Å². The van der Waals surface area contributed by atoms with Crippen molar-refractivity contribution in [2.45, 2.75) is 17.7 Å². The summed E-state index contributed by atoms with van der Waals surface area (Å²) in [5.41, 5.74) is 0. The van der Waals surface area contributed by atoms with Crippen LogP contribution >= 0.6 is 0 Å². The number of amides is 1. The maximum atomic E-state index is 12.4. The van der Waals surface area contributed by atoms with E-state index < -0.39 is 21.8 Å². The number of carbonyl (C=O) groups is 1. The number of hydrogen-bond acceptors (Lipinski definition) is 6. The number of nitrogens with zero attached hydrogens (tertiary/aromatic N) is 3. The number of nitrogens with one attached hydrogen (secondary N) is 1. The van der Waals surface area contributed by atoms with Crippen molar-refractivity contribution in [1.29, 1.82) is 0 Å². The predicted molar refractivity (Wildman–Crippen MR) is 88.7 cm³/mol. The van der Waals surface area contributed by atoms with Crippen LogP contribution in [0.2, 0.25) is 0 Å². The smallest absolute Gasteiger partial charge is 0.264 e. The highest BCUT2D eigenvalue weighted by Gasteiger charge is 2.29. The van der Waals surface area contributed by atoms with Crippen LogP contribution < -0.4 is 9.62 Å². The number of aromatic nitrogens is 2. The normalized spacial score (nSPS) is 18.2. The minimum absolute atomic E-state index is 0.0809. The summed E-state index contributed by atoms with van der Waals surface area (Å²) < 4.78 is 26.7. The second kappa shape index (κ2) is 6.96. The van der Waals surface area contributed by atoms with Gasteiger partial charge in [-0.1, -0.05) is 18.2 Å². The first-order valence-electron chi connectivity index (χ1n) is 7.70. The molecule has 2 aromatic rings. The Labute approximate surface area is 140 Å². The molecule has 0 aliphatic carbocycles. The van der Waals surface area contributed by atoms with Crippen molar-refractivity contribution in [3.8, 4) is 0 Å². The number of carbonyl (C=O) groups excluding carboxylic acids is 1. The van der Waals surface area contributed by atoms with Gasteiger partial charge in [-0.3, -0.25) is 4.79 Å². The van der Waals surface area contributed by atoms with E-state index in [2.05, 4.69) is 14.7 Å². The quantitative estimate of drug-likeness (QED) is 0.894. The van der Waals surface area contributed by atoms with Crippen LogP contribution in [-0.4, -0.2) is 37.4 Å². The SMILES string of the molecule is O=C(NS(=O)(=O)c1ccccc1)[C@H]1CCCN(c2ncccn2)C1. The van der Waals surface area contributed by atoms with Gasteiger partial charge in [-0.15, -0.1) is 0 Å². The van der Waals surface area contributed by atoms with Crippen molar-refractivity contribution in [1.82, 2.24) is 14.7 Å². The van der Waals surface area contributed by atoms with Crippen LogP contribution in [0.1, 0.15) is 12.8 Å². The average molecular weight is 346 g/mol. The maximum absolute atomic E-state index is 12.4. The number of anilines is 1. The van der Waals surface area contributed by atoms with Crippen LogP contribution in [0, 0.1) is 5.92 Å². The highest BCUT2D eigenvalue weighted by Crippen LogP contribution is 2.20. The second-order valence-electron chi connectivity index (χ2n) is 5.62. The average Bonchev–Trinajstić information content (AvgIpc) is 2.63. The summed E-state index contributed by atoms with van der Waals surface area (Å²) in [7, 11) is -3.84. The van der Waals surface area contributed by atoms with Crippen LogP contribution in [0.15, 0.2) is 53.7 Å². The van der Waals surface area contributed by atoms with E-state index in [1.54, 1.807) is 36.7 Å². The van der Waals surface area contributed by atoms with E-state index in [0.29, 0.717) is 18.9 Å². The largest absolute Gasteiger partial charge is 0.340 e. The third-order valence-electron chi connectivity index (χ3n) is 3.92. The molecule has 1 fully saturated rings. The van der Waals surface area contributed by atoms with Crippen molar-refractivity contribution in [2.24, 2.45) is 5.92 Å². The summed E-state index contributed by atoms with van der Waals surface area (Å²) in [6, 6.07) is 9.60. The van der Waals surface area contributed by atoms with Crippen LogP contribution in [0.25, 0.3) is 0 Å². The Kier molecular flexibility index (Phi) is 4.75. The number of benzene rings is 1. The molecule has 1 amide bonds. The number of piperidine rings is 1. The van der Waals surface area contributed by atoms with Crippen LogP contribution in [0.3, 0.4) is 0 Å². The highest BCUT2D eigenvalue weighted by molar-refractivity contribution is 7.90. The van der Waals surface area contributed by atoms with E-state index in [9.17, 15) is 13.2 Å². The van der Waals surface area contributed by atoms with Gasteiger partial charge in [0.2, 0.25) is 11.9 Å². The Morgan fingerprint density at radius 2 is 1.83 bits per heavy atom. The van der Waals surface area contributed by atoms with Gasteiger partial charge in [-0.05, 0) is 31.0 Å². The molecule has 1 N–H and O–H groups in total. The molecule has 2 heterocycles. The summed E-state index contributed by atoms with van der Waals surface area (Å²) in [5.74, 6) is -0.346. The molecule has 126 valence electrons. The number of sulfonamides is 1. The summed E-state index contributed by atoms with van der Waals surface area (Å²) in [5, 5.41) is 0. The summed E-state index contributed by atoms with van der Waals surface area (Å²) in [6.07, 6.45) is 4.71. The predicted octanol–water partition coefficient (Wildman–Crippen LogP) is 1.20. The third kappa shape index (κ3) is 3.70. The Bertz CT molecular complexity index is 797. The van der Waals surface area contributed by atoms with Crippen LogP contribution in [0.5, 0.6) is 0 Å². The van der Waals surface area contributed by atoms with Gasteiger partial charge >= 0.3 is 0 Å². The molecule has 1 aromatic heterocycles. The zero-order chi connectivity index (χ0) is 17.0. The molecule has 0 radical (unpaired) electrons. The van der Waals surface area contributed by atoms with Crippen LogP contribution in [0.4, 0.5) is 5.95 Å². The van der Waals surface area contributed by atoms with E-state index in [1.807, 2.05) is 4.90 Å². The van der Waals surface area contributed by atoms with Gasteiger partial charge in [0.1, 0.15) is 0 Å². The highest BCUT2D eigenvalue weighted by atomic mass is 32.2. The molecule has 7 nitrogen and oxygen atoms in total. The lowest BCUT2D eigenvalue weighted by Crippen LogP contribution is -2.45. The monoisotopic (exact) mass is 346 g/mol. The molecule has 1 aromatic carbocycles. The molecule has 3 rings (SSSR count). The Hall–Kier alpha value is -2.48. The third-order valence-corrected chi connectivity index (χ3v) is 5.28. The minimum Gasteiger partial charge on any atom is -0.340 e. The number of hydrogen-bond donors (Lipinski definition) is 1. The summed E-state index contributed by atoms with van der Waals surface area (Å²) in [6.45, 7) is 1.15. The lowest BCUT2D eigenvalue weighted by Gasteiger charge is -2.31. The molecule has 1 saturated heterocycles. The van der Waals surface area contributed by atoms with E-state index in [4.69, 9.17) is 0 Å². The molecule has 0 spiro atoms. The number of rotatable bonds is 4. The fourth-order valence-corrected chi connectivity index (χ4v) is 3.77. The fraction of sp³-hybridized carbons (Fsp3) is 0.312. The molecule has 1 atom stereocenters. The molecule has 0 bridgehead atoms. The molecule has 1 aliphatic rings. The first-order valence-corrected chi connectivity index (χ1v) is 9.18. The zero-order valence-electron chi connectivity index (χ0n) is 13.0. The lowest BCUT2D eigenvalue weighted by atomic mass is 9.98. The van der Waals surface area contributed by atoms with Gasteiger partial charge in [0.15, 0.2) is 0 Å². The van der Waals surface area contributed by atoms with Crippen LogP contribution in [-0.2, 0) is 14.8 Å². The standard InChI is InChI=1S/C16H18N4O3S/c21-15(19-24(22,23)14-7-2-1-3-8-14)13-6-4-11-20(12-13)16-17-9-5-10-18-16/h1-3,5,7-10,13H,4,6,11-12H2,(H,19,21)/t13-/m0/s1. The van der Waals surface area contributed by atoms with Gasteiger partial charge in [0.05, 0.1) is 10.8 Å². The van der Waals surface area contributed by atoms with Crippen molar-refractivity contribution in [3.05, 3.63) is 48.8 Å². The Morgan fingerprint density at radius 3 is 2.54 bits per heavy atom. The lowest BCUT2D eigenvalue weighted by molar-refractivity contribution is -0.123. The summed E-state index contributed by atoms with van der Waals surface area (Å²) >= 11 is 0. The molecule has 8 heteroatoms.